The second kappa shape index (κ2) is 6.71. The summed E-state index contributed by atoms with van der Waals surface area (Å²) in [7, 11) is 0. The molecule has 4 nitrogen and oxygen atoms in total. The molecule has 1 saturated heterocycles. The lowest BCUT2D eigenvalue weighted by Crippen LogP contribution is -2.39. The van der Waals surface area contributed by atoms with Gasteiger partial charge in [0.15, 0.2) is 0 Å². The minimum absolute atomic E-state index is 0.166. The van der Waals surface area contributed by atoms with E-state index in [0.29, 0.717) is 12.8 Å². The summed E-state index contributed by atoms with van der Waals surface area (Å²) in [6, 6.07) is 14.6. The van der Waals surface area contributed by atoms with Crippen LogP contribution in [0.25, 0.3) is 0 Å². The molecule has 1 N–H and O–H groups in total. The van der Waals surface area contributed by atoms with Crippen LogP contribution in [0, 0.1) is 5.92 Å². The van der Waals surface area contributed by atoms with Crippen molar-refractivity contribution in [3.63, 3.8) is 0 Å². The molecular weight excluding hydrogens is 276 g/mol. The highest BCUT2D eigenvalue weighted by Gasteiger charge is 2.29. The Morgan fingerprint density at radius 2 is 1.64 bits per heavy atom. The van der Waals surface area contributed by atoms with Crippen molar-refractivity contribution in [2.45, 2.75) is 18.9 Å². The van der Waals surface area contributed by atoms with Crippen LogP contribution in [0.15, 0.2) is 54.9 Å². The average Bonchev–Trinajstić information content (AvgIpc) is 2.57. The zero-order valence-corrected chi connectivity index (χ0v) is 12.4. The zero-order valence-electron chi connectivity index (χ0n) is 12.4. The Morgan fingerprint density at radius 3 is 2.23 bits per heavy atom. The lowest BCUT2D eigenvalue weighted by Gasteiger charge is -2.37. The lowest BCUT2D eigenvalue weighted by atomic mass is 9.92. The summed E-state index contributed by atoms with van der Waals surface area (Å²) in [5.41, 5.74) is 2.44. The second-order valence-electron chi connectivity index (χ2n) is 5.74. The number of piperidine rings is 1. The number of carbonyl (C=O) groups is 1. The zero-order chi connectivity index (χ0) is 15.4. The largest absolute Gasteiger partial charge is 0.481 e. The lowest BCUT2D eigenvalue weighted by molar-refractivity contribution is -0.143. The van der Waals surface area contributed by atoms with Gasteiger partial charge in [0.25, 0.3) is 0 Å². The van der Waals surface area contributed by atoms with E-state index in [1.807, 2.05) is 42.7 Å². The molecule has 3 rings (SSSR count). The Hall–Kier alpha value is -2.20. The molecule has 1 aliphatic heterocycles. The van der Waals surface area contributed by atoms with Gasteiger partial charge in [0.05, 0.1) is 12.0 Å². The number of hydrogen-bond acceptors (Lipinski definition) is 3. The summed E-state index contributed by atoms with van der Waals surface area (Å²) in [5.74, 6) is -0.870. The molecule has 0 radical (unpaired) electrons. The molecule has 0 bridgehead atoms. The monoisotopic (exact) mass is 296 g/mol. The Labute approximate surface area is 130 Å². The Bertz CT molecular complexity index is 568. The summed E-state index contributed by atoms with van der Waals surface area (Å²) >= 11 is 0. The maximum Gasteiger partial charge on any atom is 0.306 e. The Kier molecular flexibility index (Phi) is 4.49. The van der Waals surface area contributed by atoms with Crippen molar-refractivity contribution in [3.8, 4) is 0 Å². The Morgan fingerprint density at radius 1 is 1.05 bits per heavy atom. The van der Waals surface area contributed by atoms with Crippen LogP contribution in [0.3, 0.4) is 0 Å². The number of pyridine rings is 1. The first kappa shape index (κ1) is 14.7. The van der Waals surface area contributed by atoms with Gasteiger partial charge in [0.2, 0.25) is 0 Å². The maximum atomic E-state index is 11.1. The van der Waals surface area contributed by atoms with Crippen molar-refractivity contribution in [1.82, 2.24) is 9.88 Å². The van der Waals surface area contributed by atoms with E-state index in [9.17, 15) is 9.90 Å². The second-order valence-corrected chi connectivity index (χ2v) is 5.74. The van der Waals surface area contributed by atoms with E-state index in [0.717, 1.165) is 13.1 Å². The van der Waals surface area contributed by atoms with Gasteiger partial charge in [-0.05, 0) is 49.2 Å². The molecule has 0 aliphatic carbocycles. The Balaban J connectivity index is 1.86. The maximum absolute atomic E-state index is 11.1. The third kappa shape index (κ3) is 3.17. The molecule has 2 heterocycles. The van der Waals surface area contributed by atoms with Gasteiger partial charge in [-0.2, -0.15) is 0 Å². The van der Waals surface area contributed by atoms with Crippen LogP contribution >= 0.6 is 0 Å². The third-order valence-electron chi connectivity index (χ3n) is 4.38. The number of carboxylic acids is 1. The molecule has 22 heavy (non-hydrogen) atoms. The third-order valence-corrected chi connectivity index (χ3v) is 4.38. The first-order chi connectivity index (χ1) is 10.8. The normalized spacial score (nSPS) is 18.0. The highest BCUT2D eigenvalue weighted by atomic mass is 16.4. The highest BCUT2D eigenvalue weighted by Crippen LogP contribution is 2.32. The van der Waals surface area contributed by atoms with Crippen LogP contribution in [0.4, 0.5) is 0 Å². The predicted molar refractivity (Wildman–Crippen MR) is 84.5 cm³/mol. The SMILES string of the molecule is O=C(O)C1CCN(C(c2ccccc2)c2ccncc2)CC1. The van der Waals surface area contributed by atoms with Gasteiger partial charge < -0.3 is 5.11 Å². The van der Waals surface area contributed by atoms with E-state index in [2.05, 4.69) is 22.0 Å². The van der Waals surface area contributed by atoms with Gasteiger partial charge in [-0.1, -0.05) is 30.3 Å². The van der Waals surface area contributed by atoms with Crippen molar-refractivity contribution >= 4 is 5.97 Å². The summed E-state index contributed by atoms with van der Waals surface area (Å²) in [4.78, 5) is 17.6. The molecule has 1 aromatic heterocycles. The van der Waals surface area contributed by atoms with Crippen LogP contribution in [0.1, 0.15) is 30.0 Å². The van der Waals surface area contributed by atoms with Gasteiger partial charge in [-0.15, -0.1) is 0 Å². The van der Waals surface area contributed by atoms with E-state index in [-0.39, 0.29) is 12.0 Å². The van der Waals surface area contributed by atoms with Crippen LogP contribution in [-0.4, -0.2) is 34.0 Å². The molecular formula is C18H20N2O2. The summed E-state index contributed by atoms with van der Waals surface area (Å²) in [5, 5.41) is 9.17. The number of nitrogens with zero attached hydrogens (tertiary/aromatic N) is 2. The number of likely N-dealkylation sites (tertiary alicyclic amines) is 1. The average molecular weight is 296 g/mol. The smallest absolute Gasteiger partial charge is 0.306 e. The summed E-state index contributed by atoms with van der Waals surface area (Å²) < 4.78 is 0. The number of hydrogen-bond donors (Lipinski definition) is 1. The predicted octanol–water partition coefficient (Wildman–Crippen LogP) is 2.97. The molecule has 1 aliphatic rings. The summed E-state index contributed by atoms with van der Waals surface area (Å²) in [6.07, 6.45) is 5.05. The van der Waals surface area contributed by atoms with Crippen LogP contribution in [-0.2, 0) is 4.79 Å². The topological polar surface area (TPSA) is 53.4 Å². The molecule has 1 fully saturated rings. The van der Waals surface area contributed by atoms with E-state index in [1.165, 1.54) is 11.1 Å². The molecule has 1 aromatic carbocycles. The fraction of sp³-hybridized carbons (Fsp3) is 0.333. The number of carboxylic acid groups (broad SMARTS) is 1. The van der Waals surface area contributed by atoms with E-state index in [4.69, 9.17) is 0 Å². The van der Waals surface area contributed by atoms with Crippen molar-refractivity contribution in [2.75, 3.05) is 13.1 Å². The summed E-state index contributed by atoms with van der Waals surface area (Å²) in [6.45, 7) is 1.61. The molecule has 1 atom stereocenters. The van der Waals surface area contributed by atoms with E-state index in [1.54, 1.807) is 0 Å². The molecule has 0 spiro atoms. The minimum atomic E-state index is -0.667. The highest BCUT2D eigenvalue weighted by molar-refractivity contribution is 5.70. The van der Waals surface area contributed by atoms with Gasteiger partial charge in [0.1, 0.15) is 0 Å². The van der Waals surface area contributed by atoms with Crippen molar-refractivity contribution in [3.05, 3.63) is 66.0 Å². The standard InChI is InChI=1S/C18H20N2O2/c21-18(22)16-8-12-20(13-9-16)17(14-4-2-1-3-5-14)15-6-10-19-11-7-15/h1-7,10-11,16-17H,8-9,12-13H2,(H,21,22). The molecule has 4 heteroatoms. The molecule has 1 unspecified atom stereocenters. The minimum Gasteiger partial charge on any atom is -0.481 e. The van der Waals surface area contributed by atoms with Gasteiger partial charge in [0, 0.05) is 12.4 Å². The quantitative estimate of drug-likeness (QED) is 0.942. The first-order valence-corrected chi connectivity index (χ1v) is 7.67. The van der Waals surface area contributed by atoms with Crippen LogP contribution in [0.5, 0.6) is 0 Å². The van der Waals surface area contributed by atoms with Gasteiger partial charge >= 0.3 is 5.97 Å². The van der Waals surface area contributed by atoms with Crippen molar-refractivity contribution < 1.29 is 9.90 Å². The van der Waals surface area contributed by atoms with Gasteiger partial charge in [-0.25, -0.2) is 0 Å². The molecule has 0 amide bonds. The number of rotatable bonds is 4. The van der Waals surface area contributed by atoms with E-state index >= 15 is 0 Å². The van der Waals surface area contributed by atoms with E-state index < -0.39 is 5.97 Å². The number of benzene rings is 1. The van der Waals surface area contributed by atoms with Crippen LogP contribution in [0.2, 0.25) is 0 Å². The van der Waals surface area contributed by atoms with Crippen LogP contribution < -0.4 is 0 Å². The van der Waals surface area contributed by atoms with Gasteiger partial charge in [-0.3, -0.25) is 14.7 Å². The fourth-order valence-electron chi connectivity index (χ4n) is 3.20. The first-order valence-electron chi connectivity index (χ1n) is 7.67. The number of aliphatic carboxylic acids is 1. The van der Waals surface area contributed by atoms with Crippen molar-refractivity contribution in [1.29, 1.82) is 0 Å². The molecule has 114 valence electrons. The molecule has 0 saturated carbocycles. The molecule has 2 aromatic rings. The van der Waals surface area contributed by atoms with Crippen molar-refractivity contribution in [2.24, 2.45) is 5.92 Å². The fourth-order valence-corrected chi connectivity index (χ4v) is 3.20. The number of aromatic nitrogens is 1.